The number of allylic oxidation sites excluding steroid dienone is 1. The molecule has 1 aromatic heterocycles. The molecule has 3 N–H and O–H groups in total. The molecule has 0 radical (unpaired) electrons. The van der Waals surface area contributed by atoms with Crippen LogP contribution in [-0.4, -0.2) is 97.9 Å². The van der Waals surface area contributed by atoms with Crippen molar-refractivity contribution in [3.63, 3.8) is 0 Å². The number of rotatable bonds is 11. The van der Waals surface area contributed by atoms with Crippen LogP contribution in [0.15, 0.2) is 65.9 Å². The van der Waals surface area contributed by atoms with Gasteiger partial charge in [-0.1, -0.05) is 48.5 Å². The molecule has 6 rings (SSSR count). The fourth-order valence-electron chi connectivity index (χ4n) is 7.13. The summed E-state index contributed by atoms with van der Waals surface area (Å²) in [6.07, 6.45) is 9.55. The molecule has 0 spiro atoms. The number of aromatic nitrogens is 2. The highest BCUT2D eigenvalue weighted by Crippen LogP contribution is 2.34. The van der Waals surface area contributed by atoms with Gasteiger partial charge in [-0.3, -0.25) is 14.6 Å². The maximum Gasteiger partial charge on any atom is 0.241 e. The molecule has 0 aliphatic carbocycles. The monoisotopic (exact) mass is 721 g/mol. The highest BCUT2D eigenvalue weighted by Gasteiger charge is 2.37. The number of carbonyl (C=O) groups excluding carboxylic acids is 2. The summed E-state index contributed by atoms with van der Waals surface area (Å²) in [4.78, 5) is 42.2. The third-order valence-corrected chi connectivity index (χ3v) is 11.0. The summed E-state index contributed by atoms with van der Waals surface area (Å²) in [5, 5.41) is 0. The molecule has 13 nitrogen and oxygen atoms in total. The highest BCUT2D eigenvalue weighted by molar-refractivity contribution is 7.89. The van der Waals surface area contributed by atoms with E-state index in [-0.39, 0.29) is 23.9 Å². The summed E-state index contributed by atoms with van der Waals surface area (Å²) in [6, 6.07) is 14.4. The van der Waals surface area contributed by atoms with Crippen molar-refractivity contribution < 1.29 is 26.4 Å². The van der Waals surface area contributed by atoms with Crippen molar-refractivity contribution in [3.05, 3.63) is 72.3 Å². The summed E-state index contributed by atoms with van der Waals surface area (Å²) >= 11 is 0. The number of hydrogen-bond donors (Lipinski definition) is 3. The minimum atomic E-state index is -3.51. The van der Waals surface area contributed by atoms with Crippen molar-refractivity contribution in [2.75, 3.05) is 25.6 Å². The van der Waals surface area contributed by atoms with Gasteiger partial charge >= 0.3 is 0 Å². The van der Waals surface area contributed by atoms with E-state index in [0.29, 0.717) is 25.3 Å². The fraction of sp³-hybridized carbons (Fsp3) is 0.429. The van der Waals surface area contributed by atoms with Gasteiger partial charge in [0, 0.05) is 31.4 Å². The molecule has 15 heteroatoms. The zero-order valence-corrected chi connectivity index (χ0v) is 30.2. The van der Waals surface area contributed by atoms with Crippen molar-refractivity contribution in [1.82, 2.24) is 29.2 Å². The molecule has 2 amide bonds. The zero-order valence-electron chi connectivity index (χ0n) is 28.6. The predicted molar refractivity (Wildman–Crippen MR) is 193 cm³/mol. The molecule has 2 saturated heterocycles. The molecule has 0 bridgehead atoms. The quantitative estimate of drug-likeness (QED) is 0.272. The van der Waals surface area contributed by atoms with E-state index in [0.717, 1.165) is 77.4 Å². The molecule has 3 aliphatic rings. The Balaban J connectivity index is 1.07. The van der Waals surface area contributed by atoms with E-state index in [1.54, 1.807) is 29.8 Å². The van der Waals surface area contributed by atoms with Crippen LogP contribution in [0.1, 0.15) is 63.4 Å². The molecule has 1 unspecified atom stereocenters. The number of amides is 2. The first-order chi connectivity index (χ1) is 23.7. The van der Waals surface area contributed by atoms with Gasteiger partial charge in [0.2, 0.25) is 31.9 Å². The third-order valence-electron chi connectivity index (χ3n) is 9.43. The lowest BCUT2D eigenvalue weighted by atomic mass is 9.96. The van der Waals surface area contributed by atoms with Crippen molar-refractivity contribution in [2.45, 2.75) is 70.1 Å². The zero-order chi connectivity index (χ0) is 35.8. The molecule has 4 heterocycles. The summed E-state index contributed by atoms with van der Waals surface area (Å²) in [5.41, 5.74) is 6.94. The lowest BCUT2D eigenvalue weighted by Crippen LogP contribution is -2.50. The number of benzene rings is 2. The van der Waals surface area contributed by atoms with E-state index in [9.17, 15) is 26.4 Å². The van der Waals surface area contributed by atoms with Crippen LogP contribution >= 0.6 is 0 Å². The number of aromatic amines is 1. The van der Waals surface area contributed by atoms with Gasteiger partial charge in [0.15, 0.2) is 0 Å². The normalized spacial score (nSPS) is 20.9. The van der Waals surface area contributed by atoms with Crippen LogP contribution in [0.5, 0.6) is 0 Å². The minimum absolute atomic E-state index is 0.142. The van der Waals surface area contributed by atoms with Crippen LogP contribution < -0.4 is 9.44 Å². The number of H-pyrrole nitrogens is 1. The van der Waals surface area contributed by atoms with Gasteiger partial charge in [0.25, 0.3) is 0 Å². The Hall–Kier alpha value is -4.18. The molecular weight excluding hydrogens is 679 g/mol. The van der Waals surface area contributed by atoms with Crippen molar-refractivity contribution in [1.29, 1.82) is 0 Å². The second kappa shape index (κ2) is 14.2. The summed E-state index contributed by atoms with van der Waals surface area (Å²) in [7, 11) is -7.01. The molecule has 2 fully saturated rings. The van der Waals surface area contributed by atoms with Crippen LogP contribution in [-0.2, 0) is 29.6 Å². The topological polar surface area (TPSA) is 174 Å². The molecule has 50 heavy (non-hydrogen) atoms. The second-order valence-corrected chi connectivity index (χ2v) is 17.0. The Morgan fingerprint density at radius 3 is 1.78 bits per heavy atom. The van der Waals surface area contributed by atoms with Crippen molar-refractivity contribution >= 4 is 43.1 Å². The van der Waals surface area contributed by atoms with Crippen molar-refractivity contribution in [3.8, 4) is 22.4 Å². The lowest BCUT2D eigenvalue weighted by molar-refractivity contribution is -0.134. The van der Waals surface area contributed by atoms with Gasteiger partial charge < -0.3 is 14.8 Å². The first-order valence-electron chi connectivity index (χ1n) is 16.7. The SMILES string of the molecule is C[C@H](NS(C)(=O)=O)C(=O)N1CCCC1c1ncc(-c2ccc(-c3ccc(C4=CN=C([C@@H]5CCCN5C(=O)[C@H](C)NS(C)(=O)=O)C4)cc3)cc2)[nH]1. The maximum atomic E-state index is 13.1. The van der Waals surface area contributed by atoms with E-state index in [2.05, 4.69) is 55.8 Å². The molecule has 2 aromatic carbocycles. The number of likely N-dealkylation sites (tertiary alicyclic amines) is 2. The number of aliphatic imine (C=N–C) groups is 1. The highest BCUT2D eigenvalue weighted by atomic mass is 32.2. The number of imidazole rings is 1. The Labute approximate surface area is 293 Å². The van der Waals surface area contributed by atoms with E-state index >= 15 is 0 Å². The maximum absolute atomic E-state index is 13.1. The summed E-state index contributed by atoms with van der Waals surface area (Å²) < 4.78 is 51.4. The first kappa shape index (κ1) is 35.6. The Morgan fingerprint density at radius 2 is 1.24 bits per heavy atom. The van der Waals surface area contributed by atoms with Crippen LogP contribution in [0.25, 0.3) is 28.0 Å². The number of carbonyl (C=O) groups is 2. The molecule has 266 valence electrons. The summed E-state index contributed by atoms with van der Waals surface area (Å²) in [6.45, 7) is 4.25. The van der Waals surface area contributed by atoms with Crippen molar-refractivity contribution in [2.24, 2.45) is 4.99 Å². The van der Waals surface area contributed by atoms with E-state index in [1.165, 1.54) is 0 Å². The Morgan fingerprint density at radius 1 is 0.760 bits per heavy atom. The number of sulfonamides is 2. The van der Waals surface area contributed by atoms with Gasteiger partial charge in [-0.2, -0.15) is 0 Å². The smallest absolute Gasteiger partial charge is 0.241 e. The molecule has 3 aliphatic heterocycles. The van der Waals surface area contributed by atoms with Crippen LogP contribution in [0.3, 0.4) is 0 Å². The molecule has 0 saturated carbocycles. The standard InChI is InChI=1S/C35H43N7O6S2/c1-22(39-49(3,45)46)34(43)41-17-5-7-31(41)29-19-28(20-36-29)26-11-9-24(10-12-26)25-13-15-27(16-14-25)30-21-37-33(38-30)32-8-6-18-42(32)35(44)23(2)40-50(4,47)48/h9-16,20-23,31-32,39-40H,5-8,17-19H2,1-4H3,(H,37,38)/t22-,23-,31-,32?/m0/s1. The lowest BCUT2D eigenvalue weighted by Gasteiger charge is -2.28. The first-order valence-corrected chi connectivity index (χ1v) is 20.5. The summed E-state index contributed by atoms with van der Waals surface area (Å²) in [5.74, 6) is 0.170. The molecular formula is C35H43N7O6S2. The van der Waals surface area contributed by atoms with E-state index < -0.39 is 32.1 Å². The van der Waals surface area contributed by atoms with E-state index in [4.69, 9.17) is 4.99 Å². The molecule has 4 atom stereocenters. The molecule has 3 aromatic rings. The third kappa shape index (κ3) is 8.06. The fourth-order valence-corrected chi connectivity index (χ4v) is 8.62. The number of nitrogens with zero attached hydrogens (tertiary/aromatic N) is 4. The van der Waals surface area contributed by atoms with Crippen LogP contribution in [0, 0.1) is 0 Å². The van der Waals surface area contributed by atoms with Gasteiger partial charge in [-0.05, 0) is 67.4 Å². The average molecular weight is 722 g/mol. The van der Waals surface area contributed by atoms with Gasteiger partial charge in [-0.25, -0.2) is 31.3 Å². The number of hydrogen-bond acceptors (Lipinski definition) is 8. The predicted octanol–water partition coefficient (Wildman–Crippen LogP) is 3.46. The van der Waals surface area contributed by atoms with Crippen LogP contribution in [0.4, 0.5) is 0 Å². The van der Waals surface area contributed by atoms with Crippen LogP contribution in [0.2, 0.25) is 0 Å². The van der Waals surface area contributed by atoms with Gasteiger partial charge in [0.05, 0.1) is 48.6 Å². The van der Waals surface area contributed by atoms with Gasteiger partial charge in [0.1, 0.15) is 5.82 Å². The largest absolute Gasteiger partial charge is 0.340 e. The minimum Gasteiger partial charge on any atom is -0.340 e. The van der Waals surface area contributed by atoms with Gasteiger partial charge in [-0.15, -0.1) is 0 Å². The average Bonchev–Trinajstić information content (AvgIpc) is 3.88. The second-order valence-electron chi connectivity index (χ2n) is 13.4. The number of nitrogens with one attached hydrogen (secondary N) is 3. The van der Waals surface area contributed by atoms with E-state index in [1.807, 2.05) is 18.3 Å². The Bertz CT molecular complexity index is 2040. The Kier molecular flexibility index (Phi) is 10.1.